The average Bonchev–Trinajstić information content (AvgIpc) is 2.20. The summed E-state index contributed by atoms with van der Waals surface area (Å²) in [5.74, 6) is 0.593. The predicted molar refractivity (Wildman–Crippen MR) is 56.0 cm³/mol. The van der Waals surface area contributed by atoms with Gasteiger partial charge in [-0.2, -0.15) is 0 Å². The first-order valence-corrected chi connectivity index (χ1v) is 4.81. The van der Waals surface area contributed by atoms with Crippen molar-refractivity contribution in [2.75, 3.05) is 19.8 Å². The van der Waals surface area contributed by atoms with E-state index in [9.17, 15) is 4.79 Å². The maximum atomic E-state index is 10.5. The first-order valence-electron chi connectivity index (χ1n) is 4.81. The van der Waals surface area contributed by atoms with Gasteiger partial charge in [-0.25, -0.2) is 4.98 Å². The summed E-state index contributed by atoms with van der Waals surface area (Å²) in [5.41, 5.74) is 1.09. The molecule has 0 atom stereocenters. The minimum atomic E-state index is 0.0171. The van der Waals surface area contributed by atoms with Crippen molar-refractivity contribution in [2.45, 2.75) is 13.8 Å². The first-order chi connectivity index (χ1) is 7.18. The van der Waals surface area contributed by atoms with E-state index in [0.29, 0.717) is 19.1 Å². The van der Waals surface area contributed by atoms with Crippen LogP contribution in [-0.4, -0.2) is 30.6 Å². The highest BCUT2D eigenvalue weighted by molar-refractivity contribution is 5.76. The van der Waals surface area contributed by atoms with E-state index in [1.807, 2.05) is 13.0 Å². The molecule has 0 bridgehead atoms. The molecular formula is C11H15NO3. The lowest BCUT2D eigenvalue weighted by Crippen LogP contribution is -2.11. The molecule has 0 saturated heterocycles. The summed E-state index contributed by atoms with van der Waals surface area (Å²) < 4.78 is 10.3. The van der Waals surface area contributed by atoms with E-state index in [1.54, 1.807) is 12.3 Å². The van der Waals surface area contributed by atoms with E-state index >= 15 is 0 Å². The summed E-state index contributed by atoms with van der Waals surface area (Å²) in [6.07, 6.45) is 1.74. The highest BCUT2D eigenvalue weighted by Gasteiger charge is 1.96. The Kier molecular flexibility index (Phi) is 4.77. The lowest BCUT2D eigenvalue weighted by Gasteiger charge is -2.05. The average molecular weight is 209 g/mol. The number of aromatic nitrogens is 1. The van der Waals surface area contributed by atoms with Crippen LogP contribution in [0.2, 0.25) is 0 Å². The quantitative estimate of drug-likeness (QED) is 0.664. The van der Waals surface area contributed by atoms with Gasteiger partial charge in [-0.3, -0.25) is 4.79 Å². The second kappa shape index (κ2) is 6.14. The molecule has 0 aliphatic carbocycles. The van der Waals surface area contributed by atoms with Crippen LogP contribution in [0.5, 0.6) is 5.88 Å². The Morgan fingerprint density at radius 3 is 2.80 bits per heavy atom. The van der Waals surface area contributed by atoms with E-state index in [1.165, 1.54) is 6.92 Å². The summed E-state index contributed by atoms with van der Waals surface area (Å²) in [7, 11) is 0. The number of rotatable bonds is 6. The molecule has 0 unspecified atom stereocenters. The molecule has 0 aromatic carbocycles. The van der Waals surface area contributed by atoms with Crippen LogP contribution in [0.1, 0.15) is 12.5 Å². The number of pyridine rings is 1. The van der Waals surface area contributed by atoms with Crippen molar-refractivity contribution >= 4 is 5.78 Å². The number of ether oxygens (including phenoxy) is 2. The van der Waals surface area contributed by atoms with Crippen molar-refractivity contribution in [1.29, 1.82) is 0 Å². The lowest BCUT2D eigenvalue weighted by molar-refractivity contribution is -0.121. The van der Waals surface area contributed by atoms with E-state index in [-0.39, 0.29) is 12.4 Å². The fourth-order valence-electron chi connectivity index (χ4n) is 0.961. The SMILES string of the molecule is CC(=O)COCCOc1ccc(C)cn1. The molecule has 0 aliphatic rings. The van der Waals surface area contributed by atoms with Gasteiger partial charge in [0.05, 0.1) is 6.61 Å². The molecule has 4 nitrogen and oxygen atoms in total. The molecule has 1 rings (SSSR count). The van der Waals surface area contributed by atoms with Crippen LogP contribution in [0.4, 0.5) is 0 Å². The monoisotopic (exact) mass is 209 g/mol. The first kappa shape index (κ1) is 11.7. The minimum absolute atomic E-state index is 0.0171. The molecular weight excluding hydrogens is 194 g/mol. The van der Waals surface area contributed by atoms with Crippen LogP contribution in [0.3, 0.4) is 0 Å². The van der Waals surface area contributed by atoms with Crippen molar-refractivity contribution in [3.05, 3.63) is 23.9 Å². The highest BCUT2D eigenvalue weighted by Crippen LogP contribution is 2.05. The molecule has 82 valence electrons. The van der Waals surface area contributed by atoms with Gasteiger partial charge in [-0.15, -0.1) is 0 Å². The Morgan fingerprint density at radius 1 is 1.40 bits per heavy atom. The molecule has 0 fully saturated rings. The summed E-state index contributed by atoms with van der Waals surface area (Å²) in [6, 6.07) is 3.74. The highest BCUT2D eigenvalue weighted by atomic mass is 16.5. The maximum absolute atomic E-state index is 10.5. The molecule has 0 radical (unpaired) electrons. The number of ketones is 1. The number of aryl methyl sites for hydroxylation is 1. The van der Waals surface area contributed by atoms with Gasteiger partial charge in [0.2, 0.25) is 5.88 Å². The molecule has 0 amide bonds. The molecule has 0 spiro atoms. The smallest absolute Gasteiger partial charge is 0.213 e. The van der Waals surface area contributed by atoms with E-state index < -0.39 is 0 Å². The van der Waals surface area contributed by atoms with Crippen molar-refractivity contribution < 1.29 is 14.3 Å². The molecule has 4 heteroatoms. The fraction of sp³-hybridized carbons (Fsp3) is 0.455. The Bertz CT molecular complexity index is 308. The summed E-state index contributed by atoms with van der Waals surface area (Å²) in [4.78, 5) is 14.6. The second-order valence-corrected chi connectivity index (χ2v) is 3.28. The van der Waals surface area contributed by atoms with Crippen molar-refractivity contribution in [2.24, 2.45) is 0 Å². The zero-order valence-electron chi connectivity index (χ0n) is 9.03. The van der Waals surface area contributed by atoms with Gasteiger partial charge in [0, 0.05) is 12.3 Å². The zero-order valence-corrected chi connectivity index (χ0v) is 9.03. The number of carbonyl (C=O) groups is 1. The van der Waals surface area contributed by atoms with E-state index in [0.717, 1.165) is 5.56 Å². The van der Waals surface area contributed by atoms with Gasteiger partial charge in [-0.1, -0.05) is 6.07 Å². The van der Waals surface area contributed by atoms with Crippen molar-refractivity contribution in [1.82, 2.24) is 4.98 Å². The summed E-state index contributed by atoms with van der Waals surface area (Å²) in [6.45, 7) is 4.40. The Hall–Kier alpha value is -1.42. The largest absolute Gasteiger partial charge is 0.475 e. The normalized spacial score (nSPS) is 10.0. The summed E-state index contributed by atoms with van der Waals surface area (Å²) in [5, 5.41) is 0. The number of carbonyl (C=O) groups excluding carboxylic acids is 1. The zero-order chi connectivity index (χ0) is 11.1. The van der Waals surface area contributed by atoms with Gasteiger partial charge >= 0.3 is 0 Å². The van der Waals surface area contributed by atoms with Crippen LogP contribution in [0, 0.1) is 6.92 Å². The van der Waals surface area contributed by atoms with Crippen LogP contribution in [0.15, 0.2) is 18.3 Å². The van der Waals surface area contributed by atoms with Gasteiger partial charge in [-0.05, 0) is 19.4 Å². The Balaban J connectivity index is 2.15. The molecule has 0 saturated carbocycles. The number of nitrogens with zero attached hydrogens (tertiary/aromatic N) is 1. The molecule has 1 aromatic heterocycles. The Labute approximate surface area is 89.2 Å². The molecule has 0 aliphatic heterocycles. The summed E-state index contributed by atoms with van der Waals surface area (Å²) >= 11 is 0. The van der Waals surface area contributed by atoms with E-state index in [4.69, 9.17) is 9.47 Å². The van der Waals surface area contributed by atoms with Crippen LogP contribution >= 0.6 is 0 Å². The number of Topliss-reactive ketones (excluding diaryl/α,β-unsaturated/α-hetero) is 1. The fourth-order valence-corrected chi connectivity index (χ4v) is 0.961. The third-order valence-electron chi connectivity index (χ3n) is 1.67. The van der Waals surface area contributed by atoms with Gasteiger partial charge < -0.3 is 9.47 Å². The third-order valence-corrected chi connectivity index (χ3v) is 1.67. The van der Waals surface area contributed by atoms with E-state index in [2.05, 4.69) is 4.98 Å². The molecule has 1 aromatic rings. The molecule has 0 N–H and O–H groups in total. The van der Waals surface area contributed by atoms with Crippen molar-refractivity contribution in [3.63, 3.8) is 0 Å². The topological polar surface area (TPSA) is 48.4 Å². The van der Waals surface area contributed by atoms with Gasteiger partial charge in [0.1, 0.15) is 13.2 Å². The van der Waals surface area contributed by atoms with Crippen LogP contribution < -0.4 is 4.74 Å². The molecule has 15 heavy (non-hydrogen) atoms. The second-order valence-electron chi connectivity index (χ2n) is 3.28. The molecule has 1 heterocycles. The predicted octanol–water partition coefficient (Wildman–Crippen LogP) is 1.37. The van der Waals surface area contributed by atoms with Gasteiger partial charge in [0.15, 0.2) is 5.78 Å². The minimum Gasteiger partial charge on any atom is -0.475 e. The van der Waals surface area contributed by atoms with Crippen LogP contribution in [-0.2, 0) is 9.53 Å². The van der Waals surface area contributed by atoms with Gasteiger partial charge in [0.25, 0.3) is 0 Å². The Morgan fingerprint density at radius 2 is 2.20 bits per heavy atom. The van der Waals surface area contributed by atoms with Crippen molar-refractivity contribution in [3.8, 4) is 5.88 Å². The van der Waals surface area contributed by atoms with Crippen LogP contribution in [0.25, 0.3) is 0 Å². The third kappa shape index (κ3) is 5.12. The number of hydrogen-bond donors (Lipinski definition) is 0. The maximum Gasteiger partial charge on any atom is 0.213 e. The standard InChI is InChI=1S/C11H15NO3/c1-9-3-4-11(12-7-9)15-6-5-14-8-10(2)13/h3-4,7H,5-6,8H2,1-2H3. The lowest BCUT2D eigenvalue weighted by atomic mass is 10.3. The number of hydrogen-bond acceptors (Lipinski definition) is 4.